The van der Waals surface area contributed by atoms with Gasteiger partial charge in [-0.3, -0.25) is 9.89 Å². The maximum absolute atomic E-state index is 11.9. The van der Waals surface area contributed by atoms with Crippen LogP contribution in [0.3, 0.4) is 0 Å². The van der Waals surface area contributed by atoms with Crippen LogP contribution in [0.15, 0.2) is 65.9 Å². The Hall–Kier alpha value is -3.41. The van der Waals surface area contributed by atoms with Gasteiger partial charge in [-0.2, -0.15) is 10.2 Å². The second-order valence-corrected chi connectivity index (χ2v) is 5.71. The van der Waals surface area contributed by atoms with Gasteiger partial charge in [-0.15, -0.1) is 0 Å². The number of hydrogen-bond acceptors (Lipinski definition) is 4. The summed E-state index contributed by atoms with van der Waals surface area (Å²) >= 11 is 0. The van der Waals surface area contributed by atoms with Gasteiger partial charge in [-0.1, -0.05) is 30.3 Å². The Labute approximate surface area is 151 Å². The summed E-state index contributed by atoms with van der Waals surface area (Å²) < 4.78 is 5.16. The molecule has 6 heteroatoms. The van der Waals surface area contributed by atoms with Crippen LogP contribution >= 0.6 is 0 Å². The smallest absolute Gasteiger partial charge is 0.240 e. The molecule has 2 N–H and O–H groups in total. The number of nitrogens with one attached hydrogen (secondary N) is 2. The lowest BCUT2D eigenvalue weighted by molar-refractivity contribution is -0.121. The summed E-state index contributed by atoms with van der Waals surface area (Å²) in [5, 5.41) is 11.0. The van der Waals surface area contributed by atoms with Crippen LogP contribution in [0.4, 0.5) is 0 Å². The first-order valence-corrected chi connectivity index (χ1v) is 8.30. The average molecular weight is 348 g/mol. The number of aryl methyl sites for hydroxylation is 1. The monoisotopic (exact) mass is 348 g/mol. The summed E-state index contributed by atoms with van der Waals surface area (Å²) in [6.45, 7) is 0. The maximum Gasteiger partial charge on any atom is 0.240 e. The van der Waals surface area contributed by atoms with Crippen molar-refractivity contribution in [3.8, 4) is 17.0 Å². The van der Waals surface area contributed by atoms with Crippen LogP contribution in [0.5, 0.6) is 5.75 Å². The first-order valence-electron chi connectivity index (χ1n) is 8.30. The number of ether oxygens (including phenoxy) is 1. The standard InChI is InChI=1S/C20H20N4O2/c1-26-18-10-8-16(9-11-18)20-17(14-22-24-20)13-21-23-19(25)12-7-15-5-3-2-4-6-15/h2-6,8-11,13-14H,7,12H2,1H3,(H,22,24)(H,23,25). The van der Waals surface area contributed by atoms with Gasteiger partial charge in [-0.25, -0.2) is 5.43 Å². The van der Waals surface area contributed by atoms with E-state index < -0.39 is 0 Å². The van der Waals surface area contributed by atoms with Crippen LogP contribution < -0.4 is 10.2 Å². The molecule has 0 atom stereocenters. The normalized spacial score (nSPS) is 10.8. The first-order chi connectivity index (χ1) is 12.8. The summed E-state index contributed by atoms with van der Waals surface area (Å²) in [6.07, 6.45) is 4.33. The molecule has 0 saturated carbocycles. The van der Waals surface area contributed by atoms with E-state index in [1.807, 2.05) is 54.6 Å². The van der Waals surface area contributed by atoms with E-state index in [0.717, 1.165) is 28.1 Å². The number of hydrazone groups is 1. The number of hydrogen-bond donors (Lipinski definition) is 2. The maximum atomic E-state index is 11.9. The van der Waals surface area contributed by atoms with Crippen LogP contribution in [0.1, 0.15) is 17.5 Å². The summed E-state index contributed by atoms with van der Waals surface area (Å²) in [7, 11) is 1.63. The lowest BCUT2D eigenvalue weighted by Crippen LogP contribution is -2.17. The molecule has 26 heavy (non-hydrogen) atoms. The fraction of sp³-hybridized carbons (Fsp3) is 0.150. The number of benzene rings is 2. The van der Waals surface area contributed by atoms with Gasteiger partial charge >= 0.3 is 0 Å². The third-order valence-corrected chi connectivity index (χ3v) is 3.92. The van der Waals surface area contributed by atoms with E-state index in [1.54, 1.807) is 19.5 Å². The number of carbonyl (C=O) groups excluding carboxylic acids is 1. The molecular weight excluding hydrogens is 328 g/mol. The van der Waals surface area contributed by atoms with Crippen LogP contribution in [0, 0.1) is 0 Å². The van der Waals surface area contributed by atoms with Crippen LogP contribution in [-0.4, -0.2) is 29.4 Å². The summed E-state index contributed by atoms with van der Waals surface area (Å²) in [6, 6.07) is 17.5. The highest BCUT2D eigenvalue weighted by Crippen LogP contribution is 2.22. The Kier molecular flexibility index (Phi) is 5.77. The van der Waals surface area contributed by atoms with Crippen molar-refractivity contribution in [2.45, 2.75) is 12.8 Å². The highest BCUT2D eigenvalue weighted by molar-refractivity contribution is 5.89. The average Bonchev–Trinajstić information content (AvgIpc) is 3.16. The van der Waals surface area contributed by atoms with Gasteiger partial charge in [-0.05, 0) is 36.2 Å². The topological polar surface area (TPSA) is 79.4 Å². The SMILES string of the molecule is COc1ccc(-c2[nH]ncc2C=NNC(=O)CCc2ccccc2)cc1. The van der Waals surface area contributed by atoms with Crippen molar-refractivity contribution in [3.63, 3.8) is 0 Å². The zero-order valence-corrected chi connectivity index (χ0v) is 14.5. The molecule has 3 rings (SSSR count). The first kappa shape index (κ1) is 17.4. The number of aromatic nitrogens is 2. The van der Waals surface area contributed by atoms with Crippen LogP contribution in [0.2, 0.25) is 0 Å². The van der Waals surface area contributed by atoms with Crippen molar-refractivity contribution in [2.75, 3.05) is 7.11 Å². The molecule has 0 aliphatic heterocycles. The van der Waals surface area contributed by atoms with Crippen molar-refractivity contribution >= 4 is 12.1 Å². The molecule has 0 aliphatic carbocycles. The molecule has 6 nitrogen and oxygen atoms in total. The number of nitrogens with zero attached hydrogens (tertiary/aromatic N) is 2. The lowest BCUT2D eigenvalue weighted by atomic mass is 10.1. The van der Waals surface area contributed by atoms with E-state index >= 15 is 0 Å². The number of carbonyl (C=O) groups is 1. The van der Waals surface area contributed by atoms with E-state index in [1.165, 1.54) is 0 Å². The summed E-state index contributed by atoms with van der Waals surface area (Å²) in [5.41, 5.74) is 6.26. The van der Waals surface area contributed by atoms with E-state index in [9.17, 15) is 4.79 Å². The Morgan fingerprint density at radius 1 is 1.19 bits per heavy atom. The zero-order valence-electron chi connectivity index (χ0n) is 14.5. The fourth-order valence-corrected chi connectivity index (χ4v) is 2.51. The van der Waals surface area contributed by atoms with Gasteiger partial charge in [0.2, 0.25) is 5.91 Å². The predicted molar refractivity (Wildman–Crippen MR) is 101 cm³/mol. The number of aromatic amines is 1. The van der Waals surface area contributed by atoms with Crippen molar-refractivity contribution in [1.82, 2.24) is 15.6 Å². The lowest BCUT2D eigenvalue weighted by Gasteiger charge is -2.03. The second kappa shape index (κ2) is 8.62. The Bertz CT molecular complexity index is 870. The molecule has 132 valence electrons. The Morgan fingerprint density at radius 3 is 2.69 bits per heavy atom. The fourth-order valence-electron chi connectivity index (χ4n) is 2.51. The van der Waals surface area contributed by atoms with E-state index in [-0.39, 0.29) is 5.91 Å². The van der Waals surface area contributed by atoms with Crippen molar-refractivity contribution in [2.24, 2.45) is 5.10 Å². The minimum absolute atomic E-state index is 0.125. The Balaban J connectivity index is 1.57. The van der Waals surface area contributed by atoms with Crippen molar-refractivity contribution < 1.29 is 9.53 Å². The summed E-state index contributed by atoms with van der Waals surface area (Å²) in [4.78, 5) is 11.9. The minimum Gasteiger partial charge on any atom is -0.497 e. The number of H-pyrrole nitrogens is 1. The quantitative estimate of drug-likeness (QED) is 0.508. The third-order valence-electron chi connectivity index (χ3n) is 3.92. The van der Waals surface area contributed by atoms with E-state index in [4.69, 9.17) is 4.74 Å². The molecule has 0 saturated heterocycles. The molecule has 2 aromatic carbocycles. The molecule has 1 amide bonds. The predicted octanol–water partition coefficient (Wildman–Crippen LogP) is 3.17. The highest BCUT2D eigenvalue weighted by atomic mass is 16.5. The van der Waals surface area contributed by atoms with Gasteiger partial charge in [0, 0.05) is 17.5 Å². The molecule has 0 radical (unpaired) electrons. The van der Waals surface area contributed by atoms with E-state index in [0.29, 0.717) is 12.8 Å². The molecule has 1 heterocycles. The van der Waals surface area contributed by atoms with Crippen molar-refractivity contribution in [1.29, 1.82) is 0 Å². The molecule has 0 unspecified atom stereocenters. The van der Waals surface area contributed by atoms with Gasteiger partial charge < -0.3 is 4.74 Å². The molecule has 0 fully saturated rings. The molecule has 3 aromatic rings. The molecular formula is C20H20N4O2. The third kappa shape index (κ3) is 4.57. The minimum atomic E-state index is -0.125. The van der Waals surface area contributed by atoms with Crippen molar-refractivity contribution in [3.05, 3.63) is 71.9 Å². The number of amides is 1. The van der Waals surface area contributed by atoms with Gasteiger partial charge in [0.15, 0.2) is 0 Å². The van der Waals surface area contributed by atoms with Crippen LogP contribution in [0.25, 0.3) is 11.3 Å². The zero-order chi connectivity index (χ0) is 18.2. The largest absolute Gasteiger partial charge is 0.497 e. The second-order valence-electron chi connectivity index (χ2n) is 5.71. The molecule has 1 aromatic heterocycles. The van der Waals surface area contributed by atoms with Crippen LogP contribution in [-0.2, 0) is 11.2 Å². The van der Waals surface area contributed by atoms with Gasteiger partial charge in [0.1, 0.15) is 5.75 Å². The number of rotatable bonds is 7. The molecule has 0 aliphatic rings. The highest BCUT2D eigenvalue weighted by Gasteiger charge is 2.06. The Morgan fingerprint density at radius 2 is 1.96 bits per heavy atom. The number of methoxy groups -OCH3 is 1. The molecule has 0 spiro atoms. The molecule has 0 bridgehead atoms. The summed E-state index contributed by atoms with van der Waals surface area (Å²) in [5.74, 6) is 0.661. The van der Waals surface area contributed by atoms with E-state index in [2.05, 4.69) is 20.7 Å². The van der Waals surface area contributed by atoms with Gasteiger partial charge in [0.25, 0.3) is 0 Å². The van der Waals surface area contributed by atoms with Gasteiger partial charge in [0.05, 0.1) is 25.2 Å².